The molecule has 1 aromatic carbocycles. The van der Waals surface area contributed by atoms with Crippen molar-refractivity contribution in [3.63, 3.8) is 0 Å². The maximum absolute atomic E-state index is 13.2. The number of allylic oxidation sites excluding steroid dienone is 1. The fourth-order valence-corrected chi connectivity index (χ4v) is 4.11. The number of hydrogen-bond acceptors (Lipinski definition) is 4. The predicted octanol–water partition coefficient (Wildman–Crippen LogP) is 5.29. The molecule has 3 heterocycles. The van der Waals surface area contributed by atoms with Gasteiger partial charge in [0.2, 0.25) is 0 Å². The number of halogens is 3. The van der Waals surface area contributed by atoms with E-state index in [1.807, 2.05) is 31.3 Å². The molecule has 2 aliphatic rings. The molecule has 3 unspecified atom stereocenters. The van der Waals surface area contributed by atoms with Crippen LogP contribution in [0.3, 0.4) is 0 Å². The lowest BCUT2D eigenvalue weighted by atomic mass is 9.89. The van der Waals surface area contributed by atoms with E-state index in [1.54, 1.807) is 0 Å². The third-order valence-electron chi connectivity index (χ3n) is 5.56. The molecule has 0 spiro atoms. The molecular weight excluding hydrogens is 391 g/mol. The van der Waals surface area contributed by atoms with Crippen molar-refractivity contribution in [2.45, 2.75) is 38.0 Å². The molecule has 4 nitrogen and oxygen atoms in total. The Bertz CT molecular complexity index is 927. The van der Waals surface area contributed by atoms with Crippen LogP contribution >= 0.6 is 0 Å². The number of pyridine rings is 1. The molecule has 158 valence electrons. The molecule has 1 aromatic heterocycles. The van der Waals surface area contributed by atoms with E-state index in [9.17, 15) is 13.2 Å². The van der Waals surface area contributed by atoms with Crippen LogP contribution in [-0.4, -0.2) is 35.3 Å². The molecule has 2 aliphatic heterocycles. The molecule has 0 aliphatic carbocycles. The number of hydrogen-bond donors (Lipinski definition) is 0. The first-order valence-electron chi connectivity index (χ1n) is 10.1. The molecule has 30 heavy (non-hydrogen) atoms. The fraction of sp³-hybridized carbons (Fsp3) is 0.391. The van der Waals surface area contributed by atoms with Gasteiger partial charge in [0.05, 0.1) is 24.4 Å². The maximum Gasteiger partial charge on any atom is 0.437 e. The second-order valence-corrected chi connectivity index (χ2v) is 7.79. The van der Waals surface area contributed by atoms with E-state index in [-0.39, 0.29) is 30.4 Å². The van der Waals surface area contributed by atoms with Crippen LogP contribution < -0.4 is 4.74 Å². The maximum atomic E-state index is 13.2. The Morgan fingerprint density at radius 3 is 2.60 bits per heavy atom. The quantitative estimate of drug-likeness (QED) is 0.666. The smallest absolute Gasteiger partial charge is 0.437 e. The Hall–Kier alpha value is -2.83. The number of nitrogens with zero attached hydrogens (tertiary/aromatic N) is 3. The van der Waals surface area contributed by atoms with Crippen molar-refractivity contribution in [3.05, 3.63) is 71.7 Å². The van der Waals surface area contributed by atoms with E-state index in [0.717, 1.165) is 24.7 Å². The summed E-state index contributed by atoms with van der Waals surface area (Å²) in [4.78, 5) is 10.2. The summed E-state index contributed by atoms with van der Waals surface area (Å²) in [6.07, 6.45) is 2.40. The highest BCUT2D eigenvalue weighted by molar-refractivity contribution is 5.80. The van der Waals surface area contributed by atoms with Gasteiger partial charge >= 0.3 is 6.18 Å². The number of rotatable bonds is 5. The van der Waals surface area contributed by atoms with Crippen LogP contribution in [-0.2, 0) is 6.18 Å². The summed E-state index contributed by atoms with van der Waals surface area (Å²) < 4.78 is 45.2. The fourth-order valence-electron chi connectivity index (χ4n) is 4.11. The van der Waals surface area contributed by atoms with Crippen LogP contribution in [0.25, 0.3) is 0 Å². The molecular formula is C23H24F3N3O. The van der Waals surface area contributed by atoms with Gasteiger partial charge in [-0.25, -0.2) is 4.98 Å². The molecule has 2 aromatic rings. The standard InChI is InChI=1S/C23H24F3N3O/c1-16-12-19(13-28-16)29-14-17(9-10-20(29)18-6-3-2-4-7-18)15-30-21-8-5-11-27-22(21)23(24,25)26/h2-8,11-13,16-17,20H,9-10,14-15H2,1H3. The normalized spacial score (nSPS) is 24.1. The first-order chi connectivity index (χ1) is 14.4. The Kier molecular flexibility index (Phi) is 5.79. The molecule has 1 saturated heterocycles. The van der Waals surface area contributed by atoms with Crippen molar-refractivity contribution in [3.8, 4) is 5.75 Å². The second-order valence-electron chi connectivity index (χ2n) is 7.79. The Labute approximate surface area is 174 Å². The van der Waals surface area contributed by atoms with Crippen molar-refractivity contribution in [2.24, 2.45) is 10.9 Å². The highest BCUT2D eigenvalue weighted by Gasteiger charge is 2.37. The first-order valence-corrected chi connectivity index (χ1v) is 10.1. The Balaban J connectivity index is 1.50. The van der Waals surface area contributed by atoms with E-state index >= 15 is 0 Å². The zero-order chi connectivity index (χ0) is 21.1. The summed E-state index contributed by atoms with van der Waals surface area (Å²) in [6.45, 7) is 2.95. The molecule has 0 amide bonds. The van der Waals surface area contributed by atoms with E-state index in [0.29, 0.717) is 6.54 Å². The Morgan fingerprint density at radius 1 is 1.10 bits per heavy atom. The summed E-state index contributed by atoms with van der Waals surface area (Å²) >= 11 is 0. The number of aromatic nitrogens is 1. The van der Waals surface area contributed by atoms with Crippen molar-refractivity contribution < 1.29 is 17.9 Å². The SMILES string of the molecule is CC1C=C(N2CC(COc3cccnc3C(F)(F)F)CCC2c2ccccc2)C=N1. The summed E-state index contributed by atoms with van der Waals surface area (Å²) in [7, 11) is 0. The van der Waals surface area contributed by atoms with Gasteiger partial charge in [0.1, 0.15) is 5.75 Å². The lowest BCUT2D eigenvalue weighted by Gasteiger charge is -2.41. The van der Waals surface area contributed by atoms with Crippen molar-refractivity contribution in [2.75, 3.05) is 13.2 Å². The van der Waals surface area contributed by atoms with Gasteiger partial charge in [-0.05, 0) is 43.5 Å². The molecule has 1 fully saturated rings. The van der Waals surface area contributed by atoms with Gasteiger partial charge in [0, 0.05) is 24.9 Å². The van der Waals surface area contributed by atoms with Gasteiger partial charge in [-0.15, -0.1) is 0 Å². The molecule has 3 atom stereocenters. The molecule has 0 saturated carbocycles. The van der Waals surface area contributed by atoms with Crippen LogP contribution in [0.1, 0.15) is 37.1 Å². The number of ether oxygens (including phenoxy) is 1. The Morgan fingerprint density at radius 2 is 1.90 bits per heavy atom. The minimum Gasteiger partial charge on any atom is -0.491 e. The van der Waals surface area contributed by atoms with Crippen LogP contribution in [0.15, 0.2) is 65.4 Å². The average Bonchev–Trinajstić information content (AvgIpc) is 3.18. The summed E-state index contributed by atoms with van der Waals surface area (Å²) in [5.74, 6) is -0.103. The highest BCUT2D eigenvalue weighted by atomic mass is 19.4. The van der Waals surface area contributed by atoms with E-state index in [4.69, 9.17) is 4.74 Å². The van der Waals surface area contributed by atoms with Crippen LogP contribution in [0.5, 0.6) is 5.75 Å². The summed E-state index contributed by atoms with van der Waals surface area (Å²) in [6, 6.07) is 13.4. The lowest BCUT2D eigenvalue weighted by molar-refractivity contribution is -0.142. The number of likely N-dealkylation sites (tertiary alicyclic amines) is 1. The minimum absolute atomic E-state index is 0.108. The number of alkyl halides is 3. The van der Waals surface area contributed by atoms with E-state index < -0.39 is 11.9 Å². The lowest BCUT2D eigenvalue weighted by Crippen LogP contribution is -2.39. The average molecular weight is 415 g/mol. The summed E-state index contributed by atoms with van der Waals surface area (Å²) in [5.41, 5.74) is 1.33. The molecule has 0 bridgehead atoms. The third-order valence-corrected chi connectivity index (χ3v) is 5.56. The summed E-state index contributed by atoms with van der Waals surface area (Å²) in [5, 5.41) is 0. The highest BCUT2D eigenvalue weighted by Crippen LogP contribution is 2.38. The monoisotopic (exact) mass is 415 g/mol. The number of aliphatic imine (C=N–C) groups is 1. The van der Waals surface area contributed by atoms with E-state index in [2.05, 4.69) is 33.1 Å². The molecule has 4 rings (SSSR count). The first kappa shape index (κ1) is 20.4. The van der Waals surface area contributed by atoms with Gasteiger partial charge in [0.25, 0.3) is 0 Å². The minimum atomic E-state index is -4.53. The zero-order valence-corrected chi connectivity index (χ0v) is 16.7. The second kappa shape index (κ2) is 8.50. The molecule has 0 radical (unpaired) electrons. The van der Waals surface area contributed by atoms with Gasteiger partial charge in [0.15, 0.2) is 5.69 Å². The van der Waals surface area contributed by atoms with Crippen LogP contribution in [0, 0.1) is 5.92 Å². The zero-order valence-electron chi connectivity index (χ0n) is 16.7. The van der Waals surface area contributed by atoms with Gasteiger partial charge in [-0.2, -0.15) is 13.2 Å². The predicted molar refractivity (Wildman–Crippen MR) is 109 cm³/mol. The van der Waals surface area contributed by atoms with Gasteiger partial charge < -0.3 is 9.64 Å². The molecule has 7 heteroatoms. The third kappa shape index (κ3) is 4.50. The van der Waals surface area contributed by atoms with E-state index in [1.165, 1.54) is 17.7 Å². The largest absolute Gasteiger partial charge is 0.491 e. The van der Waals surface area contributed by atoms with Crippen LogP contribution in [0.2, 0.25) is 0 Å². The van der Waals surface area contributed by atoms with Gasteiger partial charge in [-0.3, -0.25) is 4.99 Å². The van der Waals surface area contributed by atoms with Crippen molar-refractivity contribution in [1.82, 2.24) is 9.88 Å². The van der Waals surface area contributed by atoms with Gasteiger partial charge in [-0.1, -0.05) is 30.3 Å². The molecule has 0 N–H and O–H groups in total. The topological polar surface area (TPSA) is 37.7 Å². The van der Waals surface area contributed by atoms with Crippen molar-refractivity contribution in [1.29, 1.82) is 0 Å². The van der Waals surface area contributed by atoms with Crippen molar-refractivity contribution >= 4 is 6.21 Å². The number of piperidine rings is 1. The number of benzene rings is 1. The van der Waals surface area contributed by atoms with Crippen LogP contribution in [0.4, 0.5) is 13.2 Å².